The van der Waals surface area contributed by atoms with Gasteiger partial charge in [0.05, 0.1) is 0 Å². The first kappa shape index (κ1) is 12.8. The molecule has 1 unspecified atom stereocenters. The molecular weight excluding hydrogens is 261 g/mol. The Bertz CT molecular complexity index is 367. The van der Waals surface area contributed by atoms with Gasteiger partial charge in [0.1, 0.15) is 0 Å². The van der Waals surface area contributed by atoms with Gasteiger partial charge < -0.3 is 10.2 Å². The van der Waals surface area contributed by atoms with Crippen LogP contribution in [0.1, 0.15) is 13.3 Å². The number of aromatic nitrogens is 3. The fourth-order valence-corrected chi connectivity index (χ4v) is 2.37. The second kappa shape index (κ2) is 5.80. The van der Waals surface area contributed by atoms with Crippen LogP contribution in [0.25, 0.3) is 0 Å². The van der Waals surface area contributed by atoms with Crippen molar-refractivity contribution in [2.45, 2.75) is 13.3 Å². The minimum atomic E-state index is 0.120. The average molecular weight is 276 g/mol. The van der Waals surface area contributed by atoms with Crippen LogP contribution in [0.15, 0.2) is 0 Å². The zero-order valence-corrected chi connectivity index (χ0v) is 11.2. The van der Waals surface area contributed by atoms with E-state index in [1.165, 1.54) is 13.0 Å². The molecule has 5 nitrogen and oxygen atoms in total. The van der Waals surface area contributed by atoms with Crippen molar-refractivity contribution in [1.29, 1.82) is 0 Å². The predicted molar refractivity (Wildman–Crippen MR) is 68.6 cm³/mol. The molecule has 7 heteroatoms. The maximum absolute atomic E-state index is 5.70. The summed E-state index contributed by atoms with van der Waals surface area (Å²) in [6.45, 7) is 6.42. The summed E-state index contributed by atoms with van der Waals surface area (Å²) in [5, 5.41) is 3.39. The lowest BCUT2D eigenvalue weighted by molar-refractivity contribution is 0.345. The van der Waals surface area contributed by atoms with E-state index in [9.17, 15) is 0 Å². The summed E-state index contributed by atoms with van der Waals surface area (Å²) in [4.78, 5) is 14.1. The summed E-state index contributed by atoms with van der Waals surface area (Å²) in [6, 6.07) is 0. The molecule has 0 saturated carbocycles. The van der Waals surface area contributed by atoms with Crippen LogP contribution in [0.2, 0.25) is 10.6 Å². The minimum absolute atomic E-state index is 0.120. The molecule has 94 valence electrons. The topological polar surface area (TPSA) is 53.9 Å². The highest BCUT2D eigenvalue weighted by Gasteiger charge is 2.21. The molecule has 0 bridgehead atoms. The van der Waals surface area contributed by atoms with Gasteiger partial charge in [0.2, 0.25) is 16.5 Å². The van der Waals surface area contributed by atoms with Crippen molar-refractivity contribution in [3.05, 3.63) is 10.6 Å². The molecule has 0 radical (unpaired) electrons. The van der Waals surface area contributed by atoms with Crippen LogP contribution in [0.4, 0.5) is 5.95 Å². The van der Waals surface area contributed by atoms with Gasteiger partial charge >= 0.3 is 0 Å². The van der Waals surface area contributed by atoms with Crippen LogP contribution in [0.5, 0.6) is 0 Å². The summed E-state index contributed by atoms with van der Waals surface area (Å²) in [6.07, 6.45) is 1.20. The van der Waals surface area contributed by atoms with E-state index in [0.717, 1.165) is 19.6 Å². The monoisotopic (exact) mass is 275 g/mol. The van der Waals surface area contributed by atoms with Crippen molar-refractivity contribution < 1.29 is 0 Å². The second-order valence-electron chi connectivity index (χ2n) is 4.13. The molecule has 1 N–H and O–H groups in total. The van der Waals surface area contributed by atoms with Gasteiger partial charge in [-0.3, -0.25) is 0 Å². The van der Waals surface area contributed by atoms with E-state index in [1.807, 2.05) is 0 Å². The Morgan fingerprint density at radius 1 is 1.29 bits per heavy atom. The first-order valence-electron chi connectivity index (χ1n) is 5.70. The van der Waals surface area contributed by atoms with Gasteiger partial charge in [-0.15, -0.1) is 0 Å². The zero-order valence-electron chi connectivity index (χ0n) is 9.66. The van der Waals surface area contributed by atoms with Gasteiger partial charge in [0, 0.05) is 13.1 Å². The third-order valence-electron chi connectivity index (χ3n) is 2.95. The van der Waals surface area contributed by atoms with Crippen molar-refractivity contribution in [3.8, 4) is 0 Å². The Morgan fingerprint density at radius 2 is 2.00 bits per heavy atom. The number of nitrogens with zero attached hydrogens (tertiary/aromatic N) is 4. The van der Waals surface area contributed by atoms with E-state index < -0.39 is 0 Å². The van der Waals surface area contributed by atoms with Crippen molar-refractivity contribution >= 4 is 29.2 Å². The van der Waals surface area contributed by atoms with Gasteiger partial charge in [-0.2, -0.15) is 15.0 Å². The summed E-state index contributed by atoms with van der Waals surface area (Å²) in [5.74, 6) is 1.08. The van der Waals surface area contributed by atoms with E-state index in [4.69, 9.17) is 23.2 Å². The Morgan fingerprint density at radius 3 is 2.59 bits per heavy atom. The summed E-state index contributed by atoms with van der Waals surface area (Å²) < 4.78 is 0. The lowest BCUT2D eigenvalue weighted by Gasteiger charge is -2.13. The second-order valence-corrected chi connectivity index (χ2v) is 4.80. The van der Waals surface area contributed by atoms with E-state index in [1.54, 1.807) is 0 Å². The van der Waals surface area contributed by atoms with E-state index in [0.29, 0.717) is 11.9 Å². The molecule has 17 heavy (non-hydrogen) atoms. The highest BCUT2D eigenvalue weighted by atomic mass is 35.5. The van der Waals surface area contributed by atoms with Crippen LogP contribution in [0, 0.1) is 5.92 Å². The summed E-state index contributed by atoms with van der Waals surface area (Å²) in [5.41, 5.74) is 0. The molecule has 1 fully saturated rings. The molecule has 1 aromatic heterocycles. The summed E-state index contributed by atoms with van der Waals surface area (Å²) in [7, 11) is 0. The molecule has 1 saturated heterocycles. The van der Waals surface area contributed by atoms with Gasteiger partial charge in [0.25, 0.3) is 0 Å². The van der Waals surface area contributed by atoms with Crippen molar-refractivity contribution in [3.63, 3.8) is 0 Å². The normalized spacial score (nSPS) is 20.8. The first-order chi connectivity index (χ1) is 8.17. The standard InChI is InChI=1S/C10H15Cl2N5/c1-2-17-4-3-7(6-17)5-13-10-15-8(11)14-9(12)16-10/h7H,2-6H2,1H3,(H,13,14,15,16). The third-order valence-corrected chi connectivity index (χ3v) is 3.28. The fraction of sp³-hybridized carbons (Fsp3) is 0.700. The molecule has 1 aliphatic rings. The number of hydrogen-bond donors (Lipinski definition) is 1. The Balaban J connectivity index is 1.85. The molecule has 1 aliphatic heterocycles. The van der Waals surface area contributed by atoms with Gasteiger partial charge in [-0.25, -0.2) is 0 Å². The zero-order chi connectivity index (χ0) is 12.3. The number of anilines is 1. The van der Waals surface area contributed by atoms with E-state index in [-0.39, 0.29) is 10.6 Å². The Labute approximate surface area is 111 Å². The van der Waals surface area contributed by atoms with Crippen LogP contribution in [0.3, 0.4) is 0 Å². The molecule has 2 rings (SSSR count). The maximum Gasteiger partial charge on any atom is 0.228 e. The largest absolute Gasteiger partial charge is 0.354 e. The van der Waals surface area contributed by atoms with Crippen molar-refractivity contribution in [2.24, 2.45) is 5.92 Å². The van der Waals surface area contributed by atoms with Crippen molar-refractivity contribution in [2.75, 3.05) is 31.5 Å². The third kappa shape index (κ3) is 3.66. The SMILES string of the molecule is CCN1CCC(CNc2nc(Cl)nc(Cl)n2)C1. The van der Waals surface area contributed by atoms with Gasteiger partial charge in [0.15, 0.2) is 0 Å². The Hall–Kier alpha value is -0.650. The molecule has 1 atom stereocenters. The van der Waals surface area contributed by atoms with Crippen LogP contribution in [-0.2, 0) is 0 Å². The lowest BCUT2D eigenvalue weighted by atomic mass is 10.1. The molecule has 0 aliphatic carbocycles. The predicted octanol–water partition coefficient (Wildman–Crippen LogP) is 1.93. The quantitative estimate of drug-likeness (QED) is 0.910. The van der Waals surface area contributed by atoms with Gasteiger partial charge in [-0.05, 0) is 48.6 Å². The number of nitrogens with one attached hydrogen (secondary N) is 1. The van der Waals surface area contributed by atoms with Crippen LogP contribution in [-0.4, -0.2) is 46.0 Å². The number of likely N-dealkylation sites (tertiary alicyclic amines) is 1. The van der Waals surface area contributed by atoms with Crippen LogP contribution < -0.4 is 5.32 Å². The van der Waals surface area contributed by atoms with Gasteiger partial charge in [-0.1, -0.05) is 6.92 Å². The molecule has 1 aromatic rings. The highest BCUT2D eigenvalue weighted by molar-refractivity contribution is 6.31. The molecular formula is C10H15Cl2N5. The Kier molecular flexibility index (Phi) is 4.36. The minimum Gasteiger partial charge on any atom is -0.354 e. The number of halogens is 2. The average Bonchev–Trinajstić information content (AvgIpc) is 2.73. The first-order valence-corrected chi connectivity index (χ1v) is 6.46. The summed E-state index contributed by atoms with van der Waals surface area (Å²) >= 11 is 11.4. The fourth-order valence-electron chi connectivity index (χ4n) is 2.01. The van der Waals surface area contributed by atoms with E-state index in [2.05, 4.69) is 32.1 Å². The van der Waals surface area contributed by atoms with E-state index >= 15 is 0 Å². The van der Waals surface area contributed by atoms with Crippen LogP contribution >= 0.6 is 23.2 Å². The smallest absolute Gasteiger partial charge is 0.228 e. The highest BCUT2D eigenvalue weighted by Crippen LogP contribution is 2.16. The molecule has 2 heterocycles. The van der Waals surface area contributed by atoms with Crippen molar-refractivity contribution in [1.82, 2.24) is 19.9 Å². The molecule has 0 amide bonds. The molecule has 0 spiro atoms. The number of hydrogen-bond acceptors (Lipinski definition) is 5. The number of rotatable bonds is 4. The lowest BCUT2D eigenvalue weighted by Crippen LogP contribution is -2.23. The maximum atomic E-state index is 5.70. The molecule has 0 aromatic carbocycles.